The predicted octanol–water partition coefficient (Wildman–Crippen LogP) is 5.60. The van der Waals surface area contributed by atoms with Gasteiger partial charge in [-0.25, -0.2) is 9.79 Å². The minimum atomic E-state index is -0.364. The van der Waals surface area contributed by atoms with E-state index in [9.17, 15) is 9.59 Å². The van der Waals surface area contributed by atoms with Crippen LogP contribution in [0.5, 0.6) is 17.2 Å². The van der Waals surface area contributed by atoms with Gasteiger partial charge in [0.15, 0.2) is 11.5 Å². The fourth-order valence-electron chi connectivity index (χ4n) is 4.27. The number of thiophene rings is 1. The lowest BCUT2D eigenvalue weighted by molar-refractivity contribution is 0.102. The molecule has 10 heteroatoms. The van der Waals surface area contributed by atoms with E-state index in [4.69, 9.17) is 23.9 Å². The molecule has 0 bridgehead atoms. The highest BCUT2D eigenvalue weighted by Gasteiger charge is 2.30. The molecule has 1 aliphatic heterocycles. The van der Waals surface area contributed by atoms with Crippen LogP contribution >= 0.6 is 11.3 Å². The SMILES string of the molecule is CCOC(=O)N1CCc2c(sc(/N=C/c3ccc(OC)c(OC)c3OC)c2C(=O)Nc2ccc(C)cc2)C1. The number of rotatable bonds is 8. The number of hydrogen-bond acceptors (Lipinski definition) is 8. The summed E-state index contributed by atoms with van der Waals surface area (Å²) in [7, 11) is 4.64. The van der Waals surface area contributed by atoms with Crippen LogP contribution in [0.15, 0.2) is 41.4 Å². The van der Waals surface area contributed by atoms with Crippen LogP contribution in [0.3, 0.4) is 0 Å². The number of aryl methyl sites for hydroxylation is 1. The van der Waals surface area contributed by atoms with Gasteiger partial charge in [0.1, 0.15) is 5.00 Å². The largest absolute Gasteiger partial charge is 0.493 e. The van der Waals surface area contributed by atoms with Crippen molar-refractivity contribution in [1.82, 2.24) is 4.90 Å². The topological polar surface area (TPSA) is 98.7 Å². The standard InChI is InChI=1S/C28H31N3O6S/c1-6-37-28(33)31-14-13-20-22(16-31)38-27(23(20)26(32)30-19-10-7-17(2)8-11-19)29-15-18-9-12-21(34-3)25(36-5)24(18)35-4/h7-12,15H,6,13-14,16H2,1-5H3,(H,30,32)/b29-15+. The lowest BCUT2D eigenvalue weighted by Crippen LogP contribution is -2.36. The molecule has 1 aromatic heterocycles. The molecule has 0 saturated carbocycles. The summed E-state index contributed by atoms with van der Waals surface area (Å²) < 4.78 is 21.6. The van der Waals surface area contributed by atoms with E-state index in [1.807, 2.05) is 37.3 Å². The lowest BCUT2D eigenvalue weighted by atomic mass is 10.0. The number of nitrogens with one attached hydrogen (secondary N) is 1. The number of methoxy groups -OCH3 is 3. The zero-order valence-corrected chi connectivity index (χ0v) is 22.9. The summed E-state index contributed by atoms with van der Waals surface area (Å²) in [5.74, 6) is 1.20. The molecule has 38 heavy (non-hydrogen) atoms. The third-order valence-corrected chi connectivity index (χ3v) is 7.28. The van der Waals surface area contributed by atoms with Gasteiger partial charge in [-0.3, -0.25) is 4.79 Å². The Labute approximate surface area is 226 Å². The molecular formula is C28H31N3O6S. The number of aliphatic imine (C=N–C) groups is 1. The number of benzene rings is 2. The Morgan fingerprint density at radius 3 is 2.45 bits per heavy atom. The van der Waals surface area contributed by atoms with E-state index in [1.165, 1.54) is 18.4 Å². The van der Waals surface area contributed by atoms with Crippen LogP contribution in [-0.4, -0.2) is 57.6 Å². The Hall–Kier alpha value is -4.05. The van der Waals surface area contributed by atoms with Crippen LogP contribution in [-0.2, 0) is 17.7 Å². The number of nitrogens with zero attached hydrogens (tertiary/aromatic N) is 2. The van der Waals surface area contributed by atoms with Crippen LogP contribution < -0.4 is 19.5 Å². The first-order chi connectivity index (χ1) is 18.4. The molecule has 4 rings (SSSR count). The molecule has 0 saturated heterocycles. The monoisotopic (exact) mass is 537 g/mol. The number of hydrogen-bond donors (Lipinski definition) is 1. The number of amides is 2. The van der Waals surface area contributed by atoms with Crippen LogP contribution in [0.2, 0.25) is 0 Å². The molecule has 0 atom stereocenters. The molecular weight excluding hydrogens is 506 g/mol. The van der Waals surface area contributed by atoms with Gasteiger partial charge in [-0.15, -0.1) is 11.3 Å². The fourth-order valence-corrected chi connectivity index (χ4v) is 5.47. The minimum absolute atomic E-state index is 0.248. The highest BCUT2D eigenvalue weighted by Crippen LogP contribution is 2.42. The molecule has 1 N–H and O–H groups in total. The van der Waals surface area contributed by atoms with E-state index < -0.39 is 0 Å². The second-order valence-electron chi connectivity index (χ2n) is 8.56. The first kappa shape index (κ1) is 27.0. The number of ether oxygens (including phenoxy) is 4. The molecule has 0 unspecified atom stereocenters. The second kappa shape index (κ2) is 12.0. The third-order valence-electron chi connectivity index (χ3n) is 6.16. The van der Waals surface area contributed by atoms with E-state index >= 15 is 0 Å². The van der Waals surface area contributed by atoms with Crippen molar-refractivity contribution < 1.29 is 28.5 Å². The summed E-state index contributed by atoms with van der Waals surface area (Å²) in [6.07, 6.45) is 1.80. The zero-order valence-electron chi connectivity index (χ0n) is 22.1. The fraction of sp³-hybridized carbons (Fsp3) is 0.321. The average Bonchev–Trinajstić information content (AvgIpc) is 3.30. The maximum atomic E-state index is 13.5. The molecule has 3 aromatic rings. The molecule has 200 valence electrons. The molecule has 0 aliphatic carbocycles. The van der Waals surface area contributed by atoms with Crippen molar-refractivity contribution in [3.63, 3.8) is 0 Å². The van der Waals surface area contributed by atoms with E-state index in [1.54, 1.807) is 38.3 Å². The number of carbonyl (C=O) groups is 2. The summed E-state index contributed by atoms with van der Waals surface area (Å²) in [6, 6.07) is 11.2. The first-order valence-electron chi connectivity index (χ1n) is 12.2. The van der Waals surface area contributed by atoms with Gasteiger partial charge in [-0.05, 0) is 50.1 Å². The van der Waals surface area contributed by atoms with Gasteiger partial charge in [0, 0.05) is 28.9 Å². The van der Waals surface area contributed by atoms with Gasteiger partial charge in [0.25, 0.3) is 5.91 Å². The Morgan fingerprint density at radius 2 is 1.79 bits per heavy atom. The maximum absolute atomic E-state index is 13.5. The summed E-state index contributed by atoms with van der Waals surface area (Å²) >= 11 is 1.39. The van der Waals surface area contributed by atoms with Crippen LogP contribution in [0.25, 0.3) is 0 Å². The van der Waals surface area contributed by atoms with Crippen LogP contribution in [0.4, 0.5) is 15.5 Å². The summed E-state index contributed by atoms with van der Waals surface area (Å²) in [5, 5.41) is 3.54. The Bertz CT molecular complexity index is 1350. The third kappa shape index (κ3) is 5.60. The van der Waals surface area contributed by atoms with E-state index in [2.05, 4.69) is 5.32 Å². The van der Waals surface area contributed by atoms with Gasteiger partial charge >= 0.3 is 6.09 Å². The molecule has 1 aliphatic rings. The highest BCUT2D eigenvalue weighted by molar-refractivity contribution is 7.16. The van der Waals surface area contributed by atoms with Crippen molar-refractivity contribution in [2.24, 2.45) is 4.99 Å². The average molecular weight is 538 g/mol. The molecule has 2 heterocycles. The van der Waals surface area contributed by atoms with Crippen molar-refractivity contribution in [3.05, 3.63) is 63.5 Å². The minimum Gasteiger partial charge on any atom is -0.493 e. The Morgan fingerprint density at radius 1 is 1.05 bits per heavy atom. The summed E-state index contributed by atoms with van der Waals surface area (Å²) in [4.78, 5) is 33.2. The van der Waals surface area contributed by atoms with Crippen molar-refractivity contribution in [2.45, 2.75) is 26.8 Å². The first-order valence-corrected chi connectivity index (χ1v) is 13.0. The summed E-state index contributed by atoms with van der Waals surface area (Å²) in [6.45, 7) is 4.89. The number of carbonyl (C=O) groups excluding carboxylic acids is 2. The predicted molar refractivity (Wildman–Crippen MR) is 148 cm³/mol. The lowest BCUT2D eigenvalue weighted by Gasteiger charge is -2.26. The van der Waals surface area contributed by atoms with Gasteiger partial charge in [0.05, 0.1) is 40.0 Å². The smallest absolute Gasteiger partial charge is 0.410 e. The van der Waals surface area contributed by atoms with Gasteiger partial charge < -0.3 is 29.2 Å². The van der Waals surface area contributed by atoms with E-state index in [0.717, 1.165) is 16.0 Å². The normalized spacial score (nSPS) is 12.7. The zero-order chi connectivity index (χ0) is 27.2. The van der Waals surface area contributed by atoms with Crippen molar-refractivity contribution in [3.8, 4) is 17.2 Å². The molecule has 0 radical (unpaired) electrons. The van der Waals surface area contributed by atoms with Gasteiger partial charge in [0.2, 0.25) is 5.75 Å². The number of fused-ring (bicyclic) bond motifs is 1. The Kier molecular flexibility index (Phi) is 8.52. The molecule has 0 spiro atoms. The van der Waals surface area contributed by atoms with E-state index in [-0.39, 0.29) is 12.0 Å². The quantitative estimate of drug-likeness (QED) is 0.376. The summed E-state index contributed by atoms with van der Waals surface area (Å²) in [5.41, 5.74) is 3.86. The Balaban J connectivity index is 1.73. The van der Waals surface area contributed by atoms with Crippen molar-refractivity contribution in [2.75, 3.05) is 39.8 Å². The molecule has 0 fully saturated rings. The molecule has 2 aromatic carbocycles. The van der Waals surface area contributed by atoms with Crippen LogP contribution in [0, 0.1) is 6.92 Å². The van der Waals surface area contributed by atoms with Crippen molar-refractivity contribution >= 4 is 40.2 Å². The molecule has 2 amide bonds. The van der Waals surface area contributed by atoms with Crippen LogP contribution in [0.1, 0.15) is 38.8 Å². The second-order valence-corrected chi connectivity index (χ2v) is 9.64. The molecule has 9 nitrogen and oxygen atoms in total. The van der Waals surface area contributed by atoms with Crippen molar-refractivity contribution in [1.29, 1.82) is 0 Å². The van der Waals surface area contributed by atoms with Gasteiger partial charge in [-0.2, -0.15) is 0 Å². The number of anilines is 1. The highest BCUT2D eigenvalue weighted by atomic mass is 32.1. The van der Waals surface area contributed by atoms with Gasteiger partial charge in [-0.1, -0.05) is 17.7 Å². The maximum Gasteiger partial charge on any atom is 0.410 e. The van der Waals surface area contributed by atoms with E-state index in [0.29, 0.717) is 65.2 Å².